The van der Waals surface area contributed by atoms with Crippen LogP contribution in [-0.2, 0) is 6.54 Å². The van der Waals surface area contributed by atoms with Gasteiger partial charge in [-0.25, -0.2) is 4.98 Å². The Kier molecular flexibility index (Phi) is 3.16. The molecule has 0 spiro atoms. The van der Waals surface area contributed by atoms with Crippen molar-refractivity contribution in [2.45, 2.75) is 6.54 Å². The Labute approximate surface area is 127 Å². The van der Waals surface area contributed by atoms with Crippen molar-refractivity contribution in [1.82, 2.24) is 14.5 Å². The van der Waals surface area contributed by atoms with E-state index in [0.29, 0.717) is 26.3 Å². The summed E-state index contributed by atoms with van der Waals surface area (Å²) in [5.41, 5.74) is 8.61. The van der Waals surface area contributed by atoms with E-state index in [1.807, 2.05) is 24.3 Å². The lowest BCUT2D eigenvalue weighted by molar-refractivity contribution is 0.172. The predicted octanol–water partition coefficient (Wildman–Crippen LogP) is 1.83. The molecular weight excluding hydrogens is 280 g/mol. The summed E-state index contributed by atoms with van der Waals surface area (Å²) < 4.78 is 13.4. The van der Waals surface area contributed by atoms with Crippen molar-refractivity contribution in [1.29, 1.82) is 0 Å². The number of benzene rings is 1. The number of fused-ring (bicyclic) bond motifs is 2. The van der Waals surface area contributed by atoms with Crippen LogP contribution >= 0.6 is 0 Å². The van der Waals surface area contributed by atoms with E-state index in [-0.39, 0.29) is 0 Å². The van der Waals surface area contributed by atoms with E-state index in [4.69, 9.17) is 20.2 Å². The lowest BCUT2D eigenvalue weighted by Crippen LogP contribution is -2.15. The number of aromatic nitrogens is 3. The van der Waals surface area contributed by atoms with Gasteiger partial charge in [-0.2, -0.15) is 0 Å². The summed E-state index contributed by atoms with van der Waals surface area (Å²) in [4.78, 5) is 8.92. The van der Waals surface area contributed by atoms with Crippen LogP contribution in [0.2, 0.25) is 0 Å². The second kappa shape index (κ2) is 5.31. The van der Waals surface area contributed by atoms with E-state index in [9.17, 15) is 0 Å². The fourth-order valence-electron chi connectivity index (χ4n) is 2.73. The molecule has 0 atom stereocenters. The summed E-state index contributed by atoms with van der Waals surface area (Å²) in [5, 5.41) is 0. The third-order valence-corrected chi connectivity index (χ3v) is 3.68. The zero-order chi connectivity index (χ0) is 14.9. The zero-order valence-electron chi connectivity index (χ0n) is 12.0. The Morgan fingerprint density at radius 3 is 2.73 bits per heavy atom. The Balaban J connectivity index is 1.94. The fraction of sp³-hybridized carbons (Fsp3) is 0.250. The fourth-order valence-corrected chi connectivity index (χ4v) is 2.73. The molecule has 0 saturated heterocycles. The van der Waals surface area contributed by atoms with Gasteiger partial charge in [0.1, 0.15) is 19.0 Å². The van der Waals surface area contributed by atoms with Crippen LogP contribution in [0.5, 0.6) is 11.5 Å². The minimum absolute atomic E-state index is 0.535. The summed E-state index contributed by atoms with van der Waals surface area (Å²) >= 11 is 0. The molecule has 0 fully saturated rings. The Bertz CT molecular complexity index is 814. The molecule has 2 N–H and O–H groups in total. The monoisotopic (exact) mass is 296 g/mol. The summed E-state index contributed by atoms with van der Waals surface area (Å²) in [6.07, 6.45) is 3.56. The van der Waals surface area contributed by atoms with Gasteiger partial charge >= 0.3 is 0 Å². The number of imidazole rings is 1. The zero-order valence-corrected chi connectivity index (χ0v) is 12.0. The van der Waals surface area contributed by atoms with Crippen LogP contribution in [-0.4, -0.2) is 34.3 Å². The smallest absolute Gasteiger partial charge is 0.163 e. The highest BCUT2D eigenvalue weighted by Crippen LogP contribution is 2.36. The normalized spacial score (nSPS) is 13.5. The maximum Gasteiger partial charge on any atom is 0.163 e. The van der Waals surface area contributed by atoms with Crippen LogP contribution in [0.1, 0.15) is 0 Å². The van der Waals surface area contributed by atoms with Crippen LogP contribution in [0.4, 0.5) is 0 Å². The number of hydrogen-bond donors (Lipinski definition) is 1. The summed E-state index contributed by atoms with van der Waals surface area (Å²) in [6, 6.07) is 7.80. The topological polar surface area (TPSA) is 75.2 Å². The van der Waals surface area contributed by atoms with Crippen LogP contribution in [0.3, 0.4) is 0 Å². The molecule has 6 nitrogen and oxygen atoms in total. The van der Waals surface area contributed by atoms with Crippen LogP contribution in [0.25, 0.3) is 22.4 Å². The average Bonchev–Trinajstić information content (AvgIpc) is 2.92. The first-order chi connectivity index (χ1) is 10.9. The molecule has 1 aliphatic heterocycles. The highest BCUT2D eigenvalue weighted by atomic mass is 16.6. The minimum atomic E-state index is 0.535. The first-order valence-corrected chi connectivity index (χ1v) is 7.27. The quantitative estimate of drug-likeness (QED) is 0.798. The van der Waals surface area contributed by atoms with Gasteiger partial charge in [0.25, 0.3) is 0 Å². The van der Waals surface area contributed by atoms with Crippen LogP contribution < -0.4 is 15.2 Å². The third-order valence-electron chi connectivity index (χ3n) is 3.68. The number of rotatable bonds is 3. The van der Waals surface area contributed by atoms with E-state index in [2.05, 4.69) is 9.55 Å². The molecule has 0 saturated carbocycles. The number of nitrogens with two attached hydrogens (primary N) is 1. The molecule has 0 aliphatic carbocycles. The molecule has 2 aromatic heterocycles. The van der Waals surface area contributed by atoms with Crippen molar-refractivity contribution in [3.63, 3.8) is 0 Å². The van der Waals surface area contributed by atoms with Gasteiger partial charge in [0.15, 0.2) is 11.5 Å². The van der Waals surface area contributed by atoms with E-state index >= 15 is 0 Å². The lowest BCUT2D eigenvalue weighted by atomic mass is 10.2. The predicted molar refractivity (Wildman–Crippen MR) is 83.0 cm³/mol. The van der Waals surface area contributed by atoms with Gasteiger partial charge in [0.2, 0.25) is 0 Å². The third kappa shape index (κ3) is 2.08. The Morgan fingerprint density at radius 2 is 2.00 bits per heavy atom. The van der Waals surface area contributed by atoms with Crippen LogP contribution in [0, 0.1) is 0 Å². The minimum Gasteiger partial charge on any atom is -0.486 e. The standard InChI is InChI=1S/C16H16N4O2/c17-3-5-20-13-9-15-14(21-6-7-22-15)8-12(13)19-16(20)11-2-1-4-18-10-11/h1-2,4,8-10H,3,5-7,17H2. The Morgan fingerprint density at radius 1 is 1.18 bits per heavy atom. The lowest BCUT2D eigenvalue weighted by Gasteiger charge is -2.18. The molecule has 3 aromatic rings. The average molecular weight is 296 g/mol. The van der Waals surface area contributed by atoms with Gasteiger partial charge in [-0.3, -0.25) is 4.98 Å². The van der Waals surface area contributed by atoms with Crippen molar-refractivity contribution < 1.29 is 9.47 Å². The van der Waals surface area contributed by atoms with Crippen molar-refractivity contribution in [2.24, 2.45) is 5.73 Å². The van der Waals surface area contributed by atoms with Crippen molar-refractivity contribution in [3.05, 3.63) is 36.7 Å². The summed E-state index contributed by atoms with van der Waals surface area (Å²) in [5.74, 6) is 2.36. The highest BCUT2D eigenvalue weighted by Gasteiger charge is 2.18. The summed E-state index contributed by atoms with van der Waals surface area (Å²) in [7, 11) is 0. The molecule has 4 rings (SSSR count). The molecule has 0 unspecified atom stereocenters. The van der Waals surface area contributed by atoms with Gasteiger partial charge in [-0.1, -0.05) is 0 Å². The Hall–Kier alpha value is -2.60. The van der Waals surface area contributed by atoms with Gasteiger partial charge in [0, 0.05) is 43.2 Å². The number of hydrogen-bond acceptors (Lipinski definition) is 5. The number of ether oxygens (including phenoxy) is 2. The van der Waals surface area contributed by atoms with Crippen molar-refractivity contribution in [2.75, 3.05) is 19.8 Å². The number of nitrogens with zero attached hydrogens (tertiary/aromatic N) is 3. The molecule has 0 amide bonds. The molecule has 0 bridgehead atoms. The largest absolute Gasteiger partial charge is 0.486 e. The molecule has 1 aromatic carbocycles. The van der Waals surface area contributed by atoms with E-state index in [0.717, 1.165) is 33.9 Å². The highest BCUT2D eigenvalue weighted by molar-refractivity contribution is 5.84. The molecule has 112 valence electrons. The van der Waals surface area contributed by atoms with Gasteiger partial charge in [0.05, 0.1) is 11.0 Å². The first kappa shape index (κ1) is 13.1. The van der Waals surface area contributed by atoms with Crippen LogP contribution in [0.15, 0.2) is 36.7 Å². The van der Waals surface area contributed by atoms with Gasteiger partial charge in [-0.05, 0) is 12.1 Å². The maximum atomic E-state index is 5.78. The van der Waals surface area contributed by atoms with Gasteiger partial charge < -0.3 is 19.8 Å². The molecule has 22 heavy (non-hydrogen) atoms. The molecule has 6 heteroatoms. The number of pyridine rings is 1. The van der Waals surface area contributed by atoms with E-state index < -0.39 is 0 Å². The second-order valence-electron chi connectivity index (χ2n) is 5.10. The van der Waals surface area contributed by atoms with Crippen molar-refractivity contribution in [3.8, 4) is 22.9 Å². The SMILES string of the molecule is NCCn1c(-c2cccnc2)nc2cc3c(cc21)OCCO3. The van der Waals surface area contributed by atoms with E-state index in [1.54, 1.807) is 12.4 Å². The van der Waals surface area contributed by atoms with Gasteiger partial charge in [-0.15, -0.1) is 0 Å². The first-order valence-electron chi connectivity index (χ1n) is 7.27. The molecular formula is C16H16N4O2. The summed E-state index contributed by atoms with van der Waals surface area (Å²) in [6.45, 7) is 2.35. The van der Waals surface area contributed by atoms with Crippen molar-refractivity contribution >= 4 is 11.0 Å². The molecule has 0 radical (unpaired) electrons. The molecule has 1 aliphatic rings. The maximum absolute atomic E-state index is 5.78. The second-order valence-corrected chi connectivity index (χ2v) is 5.10. The van der Waals surface area contributed by atoms with E-state index in [1.165, 1.54) is 0 Å². The molecule has 3 heterocycles.